The first-order chi connectivity index (χ1) is 23.3. The van der Waals surface area contributed by atoms with Gasteiger partial charge in [-0.05, 0) is 72.2 Å². The van der Waals surface area contributed by atoms with Crippen LogP contribution in [0.4, 0.5) is 0 Å². The average molecular weight is 882 g/mol. The van der Waals surface area contributed by atoms with Crippen LogP contribution in [0.25, 0.3) is 52.9 Å². The van der Waals surface area contributed by atoms with Crippen LogP contribution in [0, 0.1) is 16.9 Å². The molecule has 0 bridgehead atoms. The zero-order chi connectivity index (χ0) is 35.6. The van der Waals surface area contributed by atoms with Crippen molar-refractivity contribution >= 4 is 59.5 Å². The van der Waals surface area contributed by atoms with Crippen LogP contribution in [0.2, 0.25) is 0 Å². The molecular weight excluding hydrogens is 833 g/mol. The molecule has 0 aliphatic heterocycles. The number of aliphatic hydroxyl groups is 1. The van der Waals surface area contributed by atoms with Gasteiger partial charge in [0.05, 0.1) is 20.8 Å². The number of fused-ring (bicyclic) bond motifs is 3. The summed E-state index contributed by atoms with van der Waals surface area (Å²) in [6, 6.07) is 25.2. The second-order valence-electron chi connectivity index (χ2n) is 14.5. The minimum atomic E-state index is -0.337. The first-order valence-corrected chi connectivity index (χ1v) is 19.1. The normalized spacial score (nSPS) is 12.5. The van der Waals surface area contributed by atoms with E-state index in [0.717, 1.165) is 58.9 Å². The molecule has 50 heavy (non-hydrogen) atoms. The van der Waals surface area contributed by atoms with E-state index >= 15 is 0 Å². The SMILES string of the molecule is CC(C)(C)c1cc(-c2nccc3sc(-c4ccc5sccc5n4)cc23)[c-]c2ccccc12.CCC(C)(CC)C(=O)/C=C(\O)C(C)(CC)CC.[Ir]. The summed E-state index contributed by atoms with van der Waals surface area (Å²) in [5, 5.41) is 15.8. The van der Waals surface area contributed by atoms with Gasteiger partial charge in [0.25, 0.3) is 0 Å². The third-order valence-electron chi connectivity index (χ3n) is 10.4. The minimum Gasteiger partial charge on any atom is -0.512 e. The number of pyridine rings is 2. The Labute approximate surface area is 319 Å². The van der Waals surface area contributed by atoms with Gasteiger partial charge in [0.1, 0.15) is 5.76 Å². The number of rotatable bonds is 9. The molecule has 265 valence electrons. The molecule has 6 rings (SSSR count). The third kappa shape index (κ3) is 8.12. The quantitative estimate of drug-likeness (QED) is 0.0893. The van der Waals surface area contributed by atoms with Crippen molar-refractivity contribution in [1.82, 2.24) is 9.97 Å². The summed E-state index contributed by atoms with van der Waals surface area (Å²) >= 11 is 3.50. The number of aliphatic hydroxyl groups excluding tert-OH is 1. The molecule has 0 unspecified atom stereocenters. The van der Waals surface area contributed by atoms with Gasteiger partial charge in [-0.1, -0.05) is 91.5 Å². The molecule has 0 fully saturated rings. The average Bonchev–Trinajstić information content (AvgIpc) is 3.77. The number of carbonyl (C=O) groups is 1. The Morgan fingerprint density at radius 1 is 0.840 bits per heavy atom. The second-order valence-corrected chi connectivity index (χ2v) is 16.5. The molecule has 0 aliphatic carbocycles. The molecule has 1 radical (unpaired) electrons. The summed E-state index contributed by atoms with van der Waals surface area (Å²) in [5.41, 5.74) is 4.84. The number of hydrogen-bond donors (Lipinski definition) is 1. The Hall–Kier alpha value is -3.22. The zero-order valence-corrected chi connectivity index (χ0v) is 34.8. The van der Waals surface area contributed by atoms with Crippen LogP contribution in [0.5, 0.6) is 0 Å². The topological polar surface area (TPSA) is 63.1 Å². The van der Waals surface area contributed by atoms with E-state index in [1.807, 2.05) is 47.7 Å². The zero-order valence-electron chi connectivity index (χ0n) is 30.7. The third-order valence-corrected chi connectivity index (χ3v) is 12.4. The number of nitrogens with zero attached hydrogens (tertiary/aromatic N) is 2. The van der Waals surface area contributed by atoms with Gasteiger partial charge in [0, 0.05) is 53.6 Å². The smallest absolute Gasteiger partial charge is 0.164 e. The Bertz CT molecular complexity index is 2130. The first-order valence-electron chi connectivity index (χ1n) is 17.4. The van der Waals surface area contributed by atoms with Gasteiger partial charge < -0.3 is 5.11 Å². The van der Waals surface area contributed by atoms with Crippen molar-refractivity contribution < 1.29 is 30.0 Å². The van der Waals surface area contributed by atoms with E-state index in [0.29, 0.717) is 0 Å². The maximum absolute atomic E-state index is 12.2. The number of carbonyl (C=O) groups excluding carboxylic acids is 1. The van der Waals surface area contributed by atoms with E-state index in [1.54, 1.807) is 22.7 Å². The monoisotopic (exact) mass is 882 g/mol. The Morgan fingerprint density at radius 2 is 1.52 bits per heavy atom. The van der Waals surface area contributed by atoms with Crippen molar-refractivity contribution in [3.63, 3.8) is 0 Å². The standard InChI is InChI=1S/C28H21N2S2.C15H28O2.Ir/c1-28(2,3)21-15-18(14-17-6-4-5-7-19(17)21)27-20-16-26(32-24(20)10-12-29-27)22-8-9-25-23(30-22)11-13-31-25;1-7-14(5,8-2)12(16)11-13(17)15(6,9-3)10-4;/h4-13,15-16H,1-3H3;11,16H,7-10H2,1-6H3;/q-1;;/b;12-11-;. The van der Waals surface area contributed by atoms with Crippen molar-refractivity contribution in [2.75, 3.05) is 0 Å². The first kappa shape index (κ1) is 39.6. The van der Waals surface area contributed by atoms with Crippen LogP contribution >= 0.6 is 22.7 Å². The van der Waals surface area contributed by atoms with E-state index in [4.69, 9.17) is 9.97 Å². The van der Waals surface area contributed by atoms with E-state index < -0.39 is 0 Å². The molecule has 0 amide bonds. The fraction of sp³-hybridized carbons (Fsp3) is 0.372. The van der Waals surface area contributed by atoms with Gasteiger partial charge in [0.15, 0.2) is 5.78 Å². The van der Waals surface area contributed by atoms with Crippen LogP contribution in [-0.4, -0.2) is 20.9 Å². The van der Waals surface area contributed by atoms with Crippen molar-refractivity contribution in [1.29, 1.82) is 0 Å². The number of hydrogen-bond acceptors (Lipinski definition) is 6. The summed E-state index contributed by atoms with van der Waals surface area (Å²) in [7, 11) is 0. The fourth-order valence-corrected chi connectivity index (χ4v) is 7.71. The summed E-state index contributed by atoms with van der Waals surface area (Å²) < 4.78 is 2.44. The Kier molecular flexibility index (Phi) is 12.6. The molecule has 0 aliphatic rings. The van der Waals surface area contributed by atoms with Gasteiger partial charge in [-0.2, -0.15) is 0 Å². The van der Waals surface area contributed by atoms with Gasteiger partial charge in [0.2, 0.25) is 0 Å². The molecular formula is C43H49IrN2O2S2-. The summed E-state index contributed by atoms with van der Waals surface area (Å²) in [6.45, 7) is 18.9. The molecule has 6 aromatic rings. The molecule has 0 saturated heterocycles. The van der Waals surface area contributed by atoms with Gasteiger partial charge in [-0.3, -0.25) is 9.78 Å². The molecule has 2 aromatic carbocycles. The van der Waals surface area contributed by atoms with Crippen molar-refractivity contribution in [3.05, 3.63) is 95.7 Å². The Balaban J connectivity index is 0.000000269. The van der Waals surface area contributed by atoms with Gasteiger partial charge >= 0.3 is 0 Å². The summed E-state index contributed by atoms with van der Waals surface area (Å²) in [6.07, 6.45) is 6.66. The van der Waals surface area contributed by atoms with Crippen LogP contribution in [0.1, 0.15) is 93.6 Å². The van der Waals surface area contributed by atoms with Gasteiger partial charge in [-0.15, -0.1) is 51.8 Å². The molecule has 1 N–H and O–H groups in total. The van der Waals surface area contributed by atoms with Crippen LogP contribution in [0.15, 0.2) is 84.1 Å². The predicted octanol–water partition coefficient (Wildman–Crippen LogP) is 13.1. The molecule has 0 saturated carbocycles. The molecule has 4 heterocycles. The number of ketones is 1. The van der Waals surface area contributed by atoms with Gasteiger partial charge in [-0.25, -0.2) is 4.98 Å². The van der Waals surface area contributed by atoms with E-state index in [2.05, 4.69) is 92.9 Å². The van der Waals surface area contributed by atoms with Crippen molar-refractivity contribution in [3.8, 4) is 21.8 Å². The largest absolute Gasteiger partial charge is 0.512 e. The number of thiophene rings is 2. The fourth-order valence-electron chi connectivity index (χ4n) is 5.96. The van der Waals surface area contributed by atoms with E-state index in [-0.39, 0.29) is 47.9 Å². The number of benzene rings is 2. The van der Waals surface area contributed by atoms with Crippen molar-refractivity contribution in [2.24, 2.45) is 10.8 Å². The Morgan fingerprint density at radius 3 is 2.18 bits per heavy atom. The predicted molar refractivity (Wildman–Crippen MR) is 212 cm³/mol. The van der Waals surface area contributed by atoms with Crippen LogP contribution in [0.3, 0.4) is 0 Å². The molecule has 4 aromatic heterocycles. The van der Waals surface area contributed by atoms with E-state index in [1.165, 1.54) is 31.3 Å². The molecule has 0 atom stereocenters. The van der Waals surface area contributed by atoms with E-state index in [9.17, 15) is 9.90 Å². The van der Waals surface area contributed by atoms with Crippen LogP contribution in [-0.2, 0) is 30.3 Å². The maximum atomic E-state index is 12.2. The number of allylic oxidation sites excluding steroid dienone is 2. The van der Waals surface area contributed by atoms with Crippen LogP contribution < -0.4 is 0 Å². The minimum absolute atomic E-state index is 0. The summed E-state index contributed by atoms with van der Waals surface area (Å²) in [4.78, 5) is 23.0. The number of aromatic nitrogens is 2. The molecule has 7 heteroatoms. The maximum Gasteiger partial charge on any atom is 0.164 e. The second kappa shape index (κ2) is 16.0. The van der Waals surface area contributed by atoms with Crippen molar-refractivity contribution in [2.45, 2.75) is 93.4 Å². The summed E-state index contributed by atoms with van der Waals surface area (Å²) in [5.74, 6) is 0.286. The molecule has 0 spiro atoms. The molecule has 4 nitrogen and oxygen atoms in total.